The summed E-state index contributed by atoms with van der Waals surface area (Å²) in [7, 11) is 1.99. The molecule has 0 radical (unpaired) electrons. The number of aryl methyl sites for hydroxylation is 1. The molecule has 0 N–H and O–H groups in total. The highest BCUT2D eigenvalue weighted by Gasteiger charge is 2.22. The molecular formula is C18H24N4OS. The van der Waals surface area contributed by atoms with E-state index in [1.54, 1.807) is 11.3 Å². The van der Waals surface area contributed by atoms with Crippen LogP contribution < -0.4 is 4.90 Å². The lowest BCUT2D eigenvalue weighted by Gasteiger charge is -2.36. The molecule has 24 heavy (non-hydrogen) atoms. The highest BCUT2D eigenvalue weighted by Crippen LogP contribution is 2.16. The smallest absolute Gasteiger partial charge is 0.236 e. The molecule has 1 amide bonds. The maximum atomic E-state index is 12.5. The summed E-state index contributed by atoms with van der Waals surface area (Å²) < 4.78 is 0. The molecule has 1 aromatic heterocycles. The van der Waals surface area contributed by atoms with Crippen LogP contribution in [0.25, 0.3) is 0 Å². The summed E-state index contributed by atoms with van der Waals surface area (Å²) in [5.74, 6) is 0.214. The van der Waals surface area contributed by atoms with E-state index in [4.69, 9.17) is 0 Å². The number of carbonyl (C=O) groups is 1. The number of rotatable bonds is 5. The van der Waals surface area contributed by atoms with Crippen molar-refractivity contribution in [2.24, 2.45) is 0 Å². The highest BCUT2D eigenvalue weighted by molar-refractivity contribution is 7.11. The van der Waals surface area contributed by atoms with E-state index in [1.165, 1.54) is 10.6 Å². The Morgan fingerprint density at radius 3 is 2.54 bits per heavy atom. The average molecular weight is 344 g/mol. The molecule has 2 heterocycles. The van der Waals surface area contributed by atoms with Crippen molar-refractivity contribution in [3.63, 3.8) is 0 Å². The lowest BCUT2D eigenvalue weighted by molar-refractivity contribution is -0.132. The van der Waals surface area contributed by atoms with Crippen molar-refractivity contribution in [3.8, 4) is 0 Å². The van der Waals surface area contributed by atoms with Crippen molar-refractivity contribution in [1.29, 1.82) is 0 Å². The summed E-state index contributed by atoms with van der Waals surface area (Å²) >= 11 is 1.69. The van der Waals surface area contributed by atoms with Gasteiger partial charge in [0.1, 0.15) is 0 Å². The molecule has 1 aromatic carbocycles. The van der Waals surface area contributed by atoms with Gasteiger partial charge in [0.25, 0.3) is 0 Å². The molecule has 0 saturated carbocycles. The number of thiazole rings is 1. The number of amides is 1. The Balaban J connectivity index is 1.46. The van der Waals surface area contributed by atoms with Crippen molar-refractivity contribution < 1.29 is 4.79 Å². The lowest BCUT2D eigenvalue weighted by atomic mass is 10.2. The molecule has 3 rings (SSSR count). The van der Waals surface area contributed by atoms with Gasteiger partial charge >= 0.3 is 0 Å². The Morgan fingerprint density at radius 2 is 1.92 bits per heavy atom. The van der Waals surface area contributed by atoms with Crippen LogP contribution in [0.1, 0.15) is 9.88 Å². The largest absolute Gasteiger partial charge is 0.368 e. The minimum absolute atomic E-state index is 0.214. The van der Waals surface area contributed by atoms with E-state index in [0.717, 1.165) is 37.7 Å². The predicted octanol–water partition coefficient (Wildman–Crippen LogP) is 2.23. The summed E-state index contributed by atoms with van der Waals surface area (Å²) in [6.07, 6.45) is 1.90. The predicted molar refractivity (Wildman–Crippen MR) is 98.4 cm³/mol. The summed E-state index contributed by atoms with van der Waals surface area (Å²) in [5.41, 5.74) is 1.24. The topological polar surface area (TPSA) is 39.7 Å². The summed E-state index contributed by atoms with van der Waals surface area (Å²) in [5, 5.41) is 1.07. The van der Waals surface area contributed by atoms with Crippen LogP contribution in [0.5, 0.6) is 0 Å². The first-order chi connectivity index (χ1) is 11.6. The van der Waals surface area contributed by atoms with Crippen molar-refractivity contribution in [1.82, 2.24) is 14.8 Å². The first-order valence-corrected chi connectivity index (χ1v) is 9.11. The van der Waals surface area contributed by atoms with Gasteiger partial charge in [0.15, 0.2) is 0 Å². The fraction of sp³-hybridized carbons (Fsp3) is 0.444. The van der Waals surface area contributed by atoms with Gasteiger partial charge in [-0.15, -0.1) is 11.3 Å². The van der Waals surface area contributed by atoms with Crippen LogP contribution in [0, 0.1) is 6.92 Å². The monoisotopic (exact) mass is 344 g/mol. The molecule has 1 aliphatic rings. The van der Waals surface area contributed by atoms with E-state index in [9.17, 15) is 4.79 Å². The van der Waals surface area contributed by atoms with E-state index < -0.39 is 0 Å². The molecule has 0 aliphatic carbocycles. The SMILES string of the molecule is Cc1ncc(CN(C)CC(=O)N2CCN(c3ccccc3)CC2)s1. The Bertz CT molecular complexity index is 665. The van der Waals surface area contributed by atoms with Crippen molar-refractivity contribution in [2.45, 2.75) is 13.5 Å². The van der Waals surface area contributed by atoms with Crippen LogP contribution in [-0.2, 0) is 11.3 Å². The number of carbonyl (C=O) groups excluding carboxylic acids is 1. The second kappa shape index (κ2) is 7.77. The van der Waals surface area contributed by atoms with Gasteiger partial charge in [-0.2, -0.15) is 0 Å². The van der Waals surface area contributed by atoms with Gasteiger partial charge < -0.3 is 9.80 Å². The Hall–Kier alpha value is -1.92. The van der Waals surface area contributed by atoms with E-state index in [2.05, 4.69) is 39.0 Å². The molecule has 1 fully saturated rings. The highest BCUT2D eigenvalue weighted by atomic mass is 32.1. The van der Waals surface area contributed by atoms with Crippen LogP contribution in [-0.4, -0.2) is 60.5 Å². The summed E-state index contributed by atoms with van der Waals surface area (Å²) in [4.78, 5) is 24.4. The number of likely N-dealkylation sites (N-methyl/N-ethyl adjacent to an activating group) is 1. The molecule has 1 aliphatic heterocycles. The molecule has 1 saturated heterocycles. The van der Waals surface area contributed by atoms with Crippen molar-refractivity contribution >= 4 is 22.9 Å². The molecule has 0 atom stereocenters. The van der Waals surface area contributed by atoms with Gasteiger partial charge in [-0.3, -0.25) is 9.69 Å². The number of benzene rings is 1. The number of para-hydroxylation sites is 1. The number of hydrogen-bond donors (Lipinski definition) is 0. The summed E-state index contributed by atoms with van der Waals surface area (Å²) in [6.45, 7) is 6.62. The molecule has 5 nitrogen and oxygen atoms in total. The molecule has 0 bridgehead atoms. The van der Waals surface area contributed by atoms with E-state index in [1.807, 2.05) is 31.1 Å². The number of anilines is 1. The maximum absolute atomic E-state index is 12.5. The van der Waals surface area contributed by atoms with Crippen LogP contribution in [0.3, 0.4) is 0 Å². The Kier molecular flexibility index (Phi) is 5.48. The zero-order chi connectivity index (χ0) is 16.9. The van der Waals surface area contributed by atoms with E-state index in [-0.39, 0.29) is 5.91 Å². The van der Waals surface area contributed by atoms with Crippen molar-refractivity contribution in [3.05, 3.63) is 46.4 Å². The van der Waals surface area contributed by atoms with E-state index >= 15 is 0 Å². The lowest BCUT2D eigenvalue weighted by Crippen LogP contribution is -2.50. The third-order valence-corrected chi connectivity index (χ3v) is 5.15. The summed E-state index contributed by atoms with van der Waals surface area (Å²) in [6, 6.07) is 10.4. The first kappa shape index (κ1) is 16.9. The van der Waals surface area contributed by atoms with Gasteiger partial charge in [-0.25, -0.2) is 4.98 Å². The molecule has 6 heteroatoms. The van der Waals surface area contributed by atoms with Gasteiger partial charge in [0.05, 0.1) is 11.6 Å². The zero-order valence-electron chi connectivity index (χ0n) is 14.3. The van der Waals surface area contributed by atoms with Crippen LogP contribution in [0.2, 0.25) is 0 Å². The van der Waals surface area contributed by atoms with Crippen molar-refractivity contribution in [2.75, 3.05) is 44.7 Å². The minimum Gasteiger partial charge on any atom is -0.368 e. The number of hydrogen-bond acceptors (Lipinski definition) is 5. The third kappa shape index (κ3) is 4.33. The van der Waals surface area contributed by atoms with Gasteiger partial charge in [-0.05, 0) is 26.1 Å². The number of aromatic nitrogens is 1. The fourth-order valence-electron chi connectivity index (χ4n) is 2.98. The normalized spacial score (nSPS) is 15.1. The number of piperazine rings is 1. The maximum Gasteiger partial charge on any atom is 0.236 e. The van der Waals surface area contributed by atoms with Gasteiger partial charge in [-0.1, -0.05) is 18.2 Å². The molecular weight excluding hydrogens is 320 g/mol. The molecule has 128 valence electrons. The quantitative estimate of drug-likeness (QED) is 0.834. The minimum atomic E-state index is 0.214. The Morgan fingerprint density at radius 1 is 1.21 bits per heavy atom. The van der Waals surface area contributed by atoms with E-state index in [0.29, 0.717) is 6.54 Å². The van der Waals surface area contributed by atoms with Gasteiger partial charge in [0.2, 0.25) is 5.91 Å². The molecule has 0 spiro atoms. The van der Waals surface area contributed by atoms with Crippen LogP contribution in [0.15, 0.2) is 36.5 Å². The van der Waals surface area contributed by atoms with Crippen LogP contribution >= 0.6 is 11.3 Å². The first-order valence-electron chi connectivity index (χ1n) is 8.29. The Labute approximate surface area is 147 Å². The fourth-order valence-corrected chi connectivity index (χ4v) is 3.86. The third-order valence-electron chi connectivity index (χ3n) is 4.25. The average Bonchev–Trinajstić information content (AvgIpc) is 3.00. The molecule has 0 unspecified atom stereocenters. The zero-order valence-corrected chi connectivity index (χ0v) is 15.1. The second-order valence-electron chi connectivity index (χ2n) is 6.22. The standard InChI is InChI=1S/C18H24N4OS/c1-15-19-12-17(24-15)13-20(2)14-18(23)22-10-8-21(9-11-22)16-6-4-3-5-7-16/h3-7,12H,8-11,13-14H2,1-2H3. The van der Waals surface area contributed by atoms with Crippen LogP contribution in [0.4, 0.5) is 5.69 Å². The number of nitrogens with zero attached hydrogens (tertiary/aromatic N) is 4. The second-order valence-corrected chi connectivity index (χ2v) is 7.54. The van der Waals surface area contributed by atoms with Gasteiger partial charge in [0, 0.05) is 49.5 Å². The molecule has 2 aromatic rings.